The highest BCUT2D eigenvalue weighted by atomic mass is 16.4. The maximum atomic E-state index is 8.54. The molecule has 2 aliphatic heterocycles. The number of nitrogens with zero attached hydrogens (tertiary/aromatic N) is 3. The average Bonchev–Trinajstić information content (AvgIpc) is 2.63. The third kappa shape index (κ3) is 1.56. The first-order valence-electron chi connectivity index (χ1n) is 4.78. The molecule has 0 aromatic heterocycles. The van der Waals surface area contributed by atoms with Gasteiger partial charge in [0.25, 0.3) is 0 Å². The minimum Gasteiger partial charge on any atom is -0.408 e. The van der Waals surface area contributed by atoms with Crippen LogP contribution in [0.25, 0.3) is 0 Å². The molecule has 2 saturated heterocycles. The van der Waals surface area contributed by atoms with Gasteiger partial charge in [-0.05, 0) is 19.4 Å². The van der Waals surface area contributed by atoms with E-state index in [-0.39, 0.29) is 5.96 Å². The van der Waals surface area contributed by atoms with Crippen molar-refractivity contribution in [3.05, 3.63) is 0 Å². The van der Waals surface area contributed by atoms with E-state index < -0.39 is 0 Å². The lowest BCUT2D eigenvalue weighted by Gasteiger charge is -2.37. The summed E-state index contributed by atoms with van der Waals surface area (Å²) in [5.41, 5.74) is 5.54. The quantitative estimate of drug-likeness (QED) is 0.230. The van der Waals surface area contributed by atoms with Crippen molar-refractivity contribution in [3.63, 3.8) is 0 Å². The Balaban J connectivity index is 1.97. The van der Waals surface area contributed by atoms with Crippen LogP contribution in [0.3, 0.4) is 0 Å². The number of nitrogens with two attached hydrogens (primary N) is 1. The number of guanidine groups is 1. The van der Waals surface area contributed by atoms with Crippen LogP contribution < -0.4 is 5.73 Å². The Kier molecular flexibility index (Phi) is 2.26. The van der Waals surface area contributed by atoms with Crippen molar-refractivity contribution in [2.24, 2.45) is 10.9 Å². The van der Waals surface area contributed by atoms with Crippen LogP contribution in [0, 0.1) is 0 Å². The SMILES string of the molecule is N/C(=N\O)N1CCN2CCCC2C1. The van der Waals surface area contributed by atoms with E-state index >= 15 is 0 Å². The van der Waals surface area contributed by atoms with E-state index in [1.165, 1.54) is 19.4 Å². The van der Waals surface area contributed by atoms with Crippen molar-refractivity contribution in [2.75, 3.05) is 26.2 Å². The maximum Gasteiger partial charge on any atom is 0.233 e. The molecule has 1 unspecified atom stereocenters. The van der Waals surface area contributed by atoms with Crippen LogP contribution in [0.5, 0.6) is 0 Å². The molecule has 2 rings (SSSR count). The third-order valence-electron chi connectivity index (χ3n) is 3.01. The first-order chi connectivity index (χ1) is 6.31. The lowest BCUT2D eigenvalue weighted by molar-refractivity contribution is 0.147. The lowest BCUT2D eigenvalue weighted by Crippen LogP contribution is -2.54. The van der Waals surface area contributed by atoms with Gasteiger partial charge in [0.05, 0.1) is 0 Å². The Morgan fingerprint density at radius 2 is 2.23 bits per heavy atom. The van der Waals surface area contributed by atoms with E-state index in [2.05, 4.69) is 10.1 Å². The number of oxime groups is 1. The fourth-order valence-corrected chi connectivity index (χ4v) is 2.26. The fraction of sp³-hybridized carbons (Fsp3) is 0.875. The summed E-state index contributed by atoms with van der Waals surface area (Å²) < 4.78 is 0. The summed E-state index contributed by atoms with van der Waals surface area (Å²) in [6.45, 7) is 4.05. The molecule has 0 saturated carbocycles. The van der Waals surface area contributed by atoms with Crippen LogP contribution in [-0.4, -0.2) is 53.2 Å². The predicted octanol–water partition coefficient (Wildman–Crippen LogP) is -0.530. The summed E-state index contributed by atoms with van der Waals surface area (Å²) >= 11 is 0. The van der Waals surface area contributed by atoms with Crippen LogP contribution in [-0.2, 0) is 0 Å². The minimum atomic E-state index is 0.256. The van der Waals surface area contributed by atoms with Gasteiger partial charge in [0.1, 0.15) is 0 Å². The normalized spacial score (nSPS) is 30.6. The van der Waals surface area contributed by atoms with Crippen molar-refractivity contribution >= 4 is 5.96 Å². The van der Waals surface area contributed by atoms with Crippen LogP contribution in [0.15, 0.2) is 5.16 Å². The van der Waals surface area contributed by atoms with Crippen LogP contribution in [0.2, 0.25) is 0 Å². The first-order valence-corrected chi connectivity index (χ1v) is 4.78. The molecule has 2 fully saturated rings. The van der Waals surface area contributed by atoms with Gasteiger partial charge in [-0.1, -0.05) is 5.16 Å². The number of rotatable bonds is 0. The molecule has 0 radical (unpaired) electrons. The van der Waals surface area contributed by atoms with E-state index in [9.17, 15) is 0 Å². The van der Waals surface area contributed by atoms with Gasteiger partial charge in [-0.3, -0.25) is 4.90 Å². The molecule has 3 N–H and O–H groups in total. The molecular weight excluding hydrogens is 168 g/mol. The maximum absolute atomic E-state index is 8.54. The Morgan fingerprint density at radius 1 is 1.38 bits per heavy atom. The zero-order valence-corrected chi connectivity index (χ0v) is 7.69. The van der Waals surface area contributed by atoms with Gasteiger partial charge in [-0.15, -0.1) is 0 Å². The highest BCUT2D eigenvalue weighted by molar-refractivity contribution is 5.77. The zero-order chi connectivity index (χ0) is 9.26. The summed E-state index contributed by atoms with van der Waals surface area (Å²) in [6.07, 6.45) is 2.53. The van der Waals surface area contributed by atoms with Crippen molar-refractivity contribution < 1.29 is 5.21 Å². The van der Waals surface area contributed by atoms with Crippen LogP contribution in [0.4, 0.5) is 0 Å². The number of hydrogen-bond donors (Lipinski definition) is 2. The molecule has 0 spiro atoms. The molecule has 2 heterocycles. The van der Waals surface area contributed by atoms with E-state index in [0.29, 0.717) is 6.04 Å². The number of fused-ring (bicyclic) bond motifs is 1. The molecule has 5 nitrogen and oxygen atoms in total. The third-order valence-corrected chi connectivity index (χ3v) is 3.01. The number of piperazine rings is 1. The standard InChI is InChI=1S/C8H16N4O/c9-8(10-13)12-5-4-11-3-1-2-7(11)6-12/h7,13H,1-6H2,(H2,9,10). The monoisotopic (exact) mass is 184 g/mol. The van der Waals surface area contributed by atoms with E-state index in [0.717, 1.165) is 19.6 Å². The molecule has 13 heavy (non-hydrogen) atoms. The summed E-state index contributed by atoms with van der Waals surface area (Å²) in [5, 5.41) is 11.6. The molecule has 74 valence electrons. The molecule has 2 aliphatic rings. The lowest BCUT2D eigenvalue weighted by atomic mass is 10.2. The van der Waals surface area contributed by atoms with Gasteiger partial charge in [0, 0.05) is 25.7 Å². The summed E-state index contributed by atoms with van der Waals surface area (Å²) in [7, 11) is 0. The summed E-state index contributed by atoms with van der Waals surface area (Å²) in [4.78, 5) is 4.44. The van der Waals surface area contributed by atoms with E-state index in [1.54, 1.807) is 0 Å². The van der Waals surface area contributed by atoms with Crippen molar-refractivity contribution in [1.29, 1.82) is 0 Å². The Hall–Kier alpha value is -0.970. The van der Waals surface area contributed by atoms with Crippen LogP contribution in [0.1, 0.15) is 12.8 Å². The van der Waals surface area contributed by atoms with Crippen molar-refractivity contribution in [1.82, 2.24) is 9.80 Å². The largest absolute Gasteiger partial charge is 0.408 e. The molecule has 0 aromatic carbocycles. The number of hydrogen-bond acceptors (Lipinski definition) is 3. The first kappa shape index (κ1) is 8.62. The van der Waals surface area contributed by atoms with Crippen LogP contribution >= 0.6 is 0 Å². The molecule has 0 bridgehead atoms. The van der Waals surface area contributed by atoms with Gasteiger partial charge < -0.3 is 15.8 Å². The van der Waals surface area contributed by atoms with Gasteiger partial charge in [-0.25, -0.2) is 0 Å². The molecule has 0 amide bonds. The van der Waals surface area contributed by atoms with E-state index in [4.69, 9.17) is 10.9 Å². The van der Waals surface area contributed by atoms with Gasteiger partial charge in [-0.2, -0.15) is 0 Å². The molecule has 5 heteroatoms. The predicted molar refractivity (Wildman–Crippen MR) is 49.6 cm³/mol. The van der Waals surface area contributed by atoms with Crippen molar-refractivity contribution in [2.45, 2.75) is 18.9 Å². The Morgan fingerprint density at radius 3 is 3.00 bits per heavy atom. The molecule has 0 aliphatic carbocycles. The molecular formula is C8H16N4O. The second kappa shape index (κ2) is 3.41. The van der Waals surface area contributed by atoms with Gasteiger partial charge in [0.15, 0.2) is 0 Å². The smallest absolute Gasteiger partial charge is 0.233 e. The molecule has 1 atom stereocenters. The van der Waals surface area contributed by atoms with Gasteiger partial charge >= 0.3 is 0 Å². The topological polar surface area (TPSA) is 65.1 Å². The summed E-state index contributed by atoms with van der Waals surface area (Å²) in [6, 6.07) is 0.619. The minimum absolute atomic E-state index is 0.256. The second-order valence-corrected chi connectivity index (χ2v) is 3.74. The zero-order valence-electron chi connectivity index (χ0n) is 7.69. The van der Waals surface area contributed by atoms with E-state index in [1.807, 2.05) is 4.90 Å². The van der Waals surface area contributed by atoms with Crippen molar-refractivity contribution in [3.8, 4) is 0 Å². The average molecular weight is 184 g/mol. The fourth-order valence-electron chi connectivity index (χ4n) is 2.26. The Bertz CT molecular complexity index is 218. The van der Waals surface area contributed by atoms with Gasteiger partial charge in [0.2, 0.25) is 5.96 Å². The Labute approximate surface area is 77.8 Å². The highest BCUT2D eigenvalue weighted by Crippen LogP contribution is 2.20. The highest BCUT2D eigenvalue weighted by Gasteiger charge is 2.31. The molecule has 0 aromatic rings. The second-order valence-electron chi connectivity index (χ2n) is 3.74. The summed E-state index contributed by atoms with van der Waals surface area (Å²) in [5.74, 6) is 0.256.